The van der Waals surface area contributed by atoms with Gasteiger partial charge >= 0.3 is 0 Å². The third-order valence-electron chi connectivity index (χ3n) is 7.48. The van der Waals surface area contributed by atoms with Crippen molar-refractivity contribution < 1.29 is 17.6 Å². The lowest BCUT2D eigenvalue weighted by Crippen LogP contribution is -2.20. The first-order chi connectivity index (χ1) is 20.6. The first-order valence-electron chi connectivity index (χ1n) is 13.5. The lowest BCUT2D eigenvalue weighted by molar-refractivity contribution is -0.117. The van der Waals surface area contributed by atoms with E-state index in [4.69, 9.17) is 5.73 Å². The average molecular weight is 597 g/mol. The Bertz CT molecular complexity index is 2170. The topological polar surface area (TPSA) is 172 Å². The first-order valence-corrected chi connectivity index (χ1v) is 15.4. The van der Waals surface area contributed by atoms with Crippen LogP contribution in [0, 0.1) is 11.7 Å². The van der Waals surface area contributed by atoms with Crippen molar-refractivity contribution in [2.24, 2.45) is 11.7 Å². The number of halogens is 1. The summed E-state index contributed by atoms with van der Waals surface area (Å²) in [6.45, 7) is 0. The molecule has 1 fully saturated rings. The molecule has 1 atom stereocenters. The number of carbonyl (C=O) groups is 1. The van der Waals surface area contributed by atoms with Crippen molar-refractivity contribution in [2.75, 3.05) is 11.6 Å². The van der Waals surface area contributed by atoms with Crippen LogP contribution in [0.2, 0.25) is 0 Å². The molecule has 7 rings (SSSR count). The molecule has 1 aromatic carbocycles. The molecular formula is C30H25FN8O3S. The van der Waals surface area contributed by atoms with E-state index >= 15 is 0 Å². The van der Waals surface area contributed by atoms with Crippen LogP contribution >= 0.6 is 0 Å². The molecule has 0 spiro atoms. The van der Waals surface area contributed by atoms with Gasteiger partial charge in [0.25, 0.3) is 0 Å². The quantitative estimate of drug-likeness (QED) is 0.205. The molecule has 1 amide bonds. The maximum absolute atomic E-state index is 14.6. The molecule has 0 radical (unpaired) electrons. The second-order valence-electron chi connectivity index (χ2n) is 10.7. The fraction of sp³-hybridized carbons (Fsp3) is 0.167. The average Bonchev–Trinajstić information content (AvgIpc) is 3.62. The van der Waals surface area contributed by atoms with Gasteiger partial charge in [0.05, 0.1) is 40.7 Å². The van der Waals surface area contributed by atoms with E-state index in [0.29, 0.717) is 44.9 Å². The Hall–Kier alpha value is -5.01. The Morgan fingerprint density at radius 3 is 2.60 bits per heavy atom. The largest absolute Gasteiger partial charge is 0.353 e. The number of anilines is 1. The number of nitrogens with zero attached hydrogens (tertiary/aromatic N) is 4. The number of hydrogen-bond acceptors (Lipinski definition) is 8. The molecule has 0 aliphatic heterocycles. The number of pyridine rings is 3. The third kappa shape index (κ3) is 5.13. The fourth-order valence-electron chi connectivity index (χ4n) is 5.09. The van der Waals surface area contributed by atoms with Crippen molar-refractivity contribution in [3.8, 4) is 33.9 Å². The SMILES string of the molecule is CS(=O)(=O)C(N)c1cc(F)cc(-c2nccc3[nH]c(-c4n[nH]c5cnc(-c6cncc(NC(=O)C7CC7)c6)cc45)cc23)c1. The summed E-state index contributed by atoms with van der Waals surface area (Å²) in [6, 6.07) is 11.3. The third-order valence-corrected chi connectivity index (χ3v) is 8.68. The minimum absolute atomic E-state index is 0.000131. The second kappa shape index (κ2) is 10.1. The molecule has 0 saturated heterocycles. The Kier molecular flexibility index (Phi) is 6.29. The van der Waals surface area contributed by atoms with Crippen molar-refractivity contribution in [2.45, 2.75) is 18.2 Å². The zero-order chi connectivity index (χ0) is 29.9. The summed E-state index contributed by atoms with van der Waals surface area (Å²) >= 11 is 0. The lowest BCUT2D eigenvalue weighted by Gasteiger charge is -2.12. The lowest BCUT2D eigenvalue weighted by atomic mass is 10.0. The molecule has 1 aliphatic rings. The van der Waals surface area contributed by atoms with E-state index in [1.165, 1.54) is 6.07 Å². The van der Waals surface area contributed by atoms with Crippen LogP contribution in [0.5, 0.6) is 0 Å². The smallest absolute Gasteiger partial charge is 0.227 e. The van der Waals surface area contributed by atoms with E-state index in [1.807, 2.05) is 18.2 Å². The number of nitrogens with two attached hydrogens (primary N) is 1. The van der Waals surface area contributed by atoms with Crippen LogP contribution in [0.3, 0.4) is 0 Å². The van der Waals surface area contributed by atoms with Gasteiger partial charge in [-0.1, -0.05) is 0 Å². The van der Waals surface area contributed by atoms with Gasteiger partial charge in [-0.3, -0.25) is 24.8 Å². The molecule has 0 bridgehead atoms. The van der Waals surface area contributed by atoms with Gasteiger partial charge in [0, 0.05) is 52.0 Å². The van der Waals surface area contributed by atoms with Gasteiger partial charge in [-0.15, -0.1) is 0 Å². The van der Waals surface area contributed by atoms with Crippen LogP contribution in [0.1, 0.15) is 23.8 Å². The van der Waals surface area contributed by atoms with Crippen LogP contribution < -0.4 is 11.1 Å². The van der Waals surface area contributed by atoms with Gasteiger partial charge < -0.3 is 16.0 Å². The van der Waals surface area contributed by atoms with Crippen LogP contribution in [0.4, 0.5) is 10.1 Å². The number of rotatable bonds is 7. The molecule has 1 aliphatic carbocycles. The van der Waals surface area contributed by atoms with Gasteiger partial charge in [0.15, 0.2) is 9.84 Å². The van der Waals surface area contributed by atoms with E-state index in [2.05, 4.69) is 35.5 Å². The molecule has 5 heterocycles. The Morgan fingerprint density at radius 1 is 1.00 bits per heavy atom. The normalized spacial score (nSPS) is 14.3. The summed E-state index contributed by atoms with van der Waals surface area (Å²) in [5, 5.41) is 10.6. The van der Waals surface area contributed by atoms with Gasteiger partial charge in [-0.05, 0) is 60.9 Å². The molecule has 11 nitrogen and oxygen atoms in total. The first kappa shape index (κ1) is 26.9. The highest BCUT2D eigenvalue weighted by atomic mass is 32.2. The molecule has 1 saturated carbocycles. The van der Waals surface area contributed by atoms with E-state index < -0.39 is 21.0 Å². The number of fused-ring (bicyclic) bond motifs is 2. The zero-order valence-corrected chi connectivity index (χ0v) is 23.6. The highest BCUT2D eigenvalue weighted by Crippen LogP contribution is 2.35. The molecule has 43 heavy (non-hydrogen) atoms. The Labute approximate surface area is 244 Å². The maximum atomic E-state index is 14.6. The van der Waals surface area contributed by atoms with Crippen molar-refractivity contribution in [1.29, 1.82) is 0 Å². The summed E-state index contributed by atoms with van der Waals surface area (Å²) in [5.41, 5.74) is 11.6. The van der Waals surface area contributed by atoms with E-state index in [1.54, 1.807) is 36.9 Å². The van der Waals surface area contributed by atoms with Gasteiger partial charge in [0.1, 0.15) is 16.9 Å². The minimum Gasteiger partial charge on any atom is -0.353 e. The monoisotopic (exact) mass is 596 g/mol. The number of amides is 1. The summed E-state index contributed by atoms with van der Waals surface area (Å²) < 4.78 is 38.7. The van der Waals surface area contributed by atoms with Crippen LogP contribution in [-0.2, 0) is 14.6 Å². The predicted molar refractivity (Wildman–Crippen MR) is 161 cm³/mol. The molecule has 5 N–H and O–H groups in total. The second-order valence-corrected chi connectivity index (χ2v) is 12.9. The van der Waals surface area contributed by atoms with Crippen LogP contribution in [0.25, 0.3) is 55.7 Å². The molecule has 6 aromatic rings. The Morgan fingerprint density at radius 2 is 1.81 bits per heavy atom. The summed E-state index contributed by atoms with van der Waals surface area (Å²) in [7, 11) is -3.65. The van der Waals surface area contributed by atoms with Gasteiger partial charge in [-0.2, -0.15) is 5.10 Å². The summed E-state index contributed by atoms with van der Waals surface area (Å²) in [5.74, 6) is -0.545. The number of benzene rings is 1. The van der Waals surface area contributed by atoms with Gasteiger partial charge in [-0.25, -0.2) is 12.8 Å². The highest BCUT2D eigenvalue weighted by Gasteiger charge is 2.29. The molecular weight excluding hydrogens is 571 g/mol. The minimum atomic E-state index is -3.65. The van der Waals surface area contributed by atoms with Gasteiger partial charge in [0.2, 0.25) is 5.91 Å². The van der Waals surface area contributed by atoms with Crippen molar-refractivity contribution in [3.05, 3.63) is 78.6 Å². The number of nitrogens with one attached hydrogen (secondary N) is 3. The molecule has 5 aromatic heterocycles. The van der Waals surface area contributed by atoms with Crippen LogP contribution in [-0.4, -0.2) is 50.7 Å². The fourth-order valence-corrected chi connectivity index (χ4v) is 5.72. The zero-order valence-electron chi connectivity index (χ0n) is 22.8. The number of H-pyrrole nitrogens is 2. The number of aromatic nitrogens is 6. The predicted octanol–water partition coefficient (Wildman–Crippen LogP) is 4.72. The highest BCUT2D eigenvalue weighted by molar-refractivity contribution is 7.90. The number of aromatic amines is 2. The van der Waals surface area contributed by atoms with Crippen molar-refractivity contribution >= 4 is 43.2 Å². The summed E-state index contributed by atoms with van der Waals surface area (Å²) in [6.07, 6.45) is 9.40. The molecule has 1 unspecified atom stereocenters. The van der Waals surface area contributed by atoms with Crippen molar-refractivity contribution in [3.63, 3.8) is 0 Å². The standard InChI is InChI=1S/C30H25FN8O3S/c1-43(41,42)29(32)17-6-16(7-19(31)8-17)27-21-11-25(37-23(21)4-5-34-27)28-22-10-24(35-14-26(22)38-39-28)18-9-20(13-33-12-18)36-30(40)15-2-3-15/h4-15,29,37H,2-3,32H2,1H3,(H,36,40)(H,38,39). The van der Waals surface area contributed by atoms with Crippen molar-refractivity contribution in [1.82, 2.24) is 30.1 Å². The molecule has 13 heteroatoms. The maximum Gasteiger partial charge on any atom is 0.227 e. The number of sulfone groups is 1. The van der Waals surface area contributed by atoms with E-state index in [0.717, 1.165) is 41.6 Å². The molecule has 216 valence electrons. The van der Waals surface area contributed by atoms with E-state index in [-0.39, 0.29) is 17.4 Å². The number of carbonyl (C=O) groups excluding carboxylic acids is 1. The van der Waals surface area contributed by atoms with E-state index in [9.17, 15) is 17.6 Å². The Balaban J connectivity index is 1.27. The van der Waals surface area contributed by atoms with Crippen LogP contribution in [0.15, 0.2) is 67.3 Å². The number of hydrogen-bond donors (Lipinski definition) is 4. The summed E-state index contributed by atoms with van der Waals surface area (Å²) in [4.78, 5) is 28.9.